The average molecular weight is 304 g/mol. The van der Waals surface area contributed by atoms with Crippen LogP contribution in [0.15, 0.2) is 30.0 Å². The van der Waals surface area contributed by atoms with Crippen LogP contribution in [0.1, 0.15) is 19.4 Å². The lowest BCUT2D eigenvalue weighted by molar-refractivity contribution is -0.222. The minimum Gasteiger partial charge on any atom is -0.419 e. The summed E-state index contributed by atoms with van der Waals surface area (Å²) in [5, 5.41) is 2.98. The first-order valence-electron chi connectivity index (χ1n) is 6.91. The molecule has 0 unspecified atom stereocenters. The van der Waals surface area contributed by atoms with Gasteiger partial charge in [0.15, 0.2) is 5.57 Å². The molecule has 1 saturated heterocycles. The third kappa shape index (κ3) is 3.39. The molecule has 1 heterocycles. The number of ether oxygens (including phenoxy) is 2. The van der Waals surface area contributed by atoms with Crippen molar-refractivity contribution in [2.24, 2.45) is 0 Å². The van der Waals surface area contributed by atoms with Crippen LogP contribution < -0.4 is 10.2 Å². The normalized spacial score (nSPS) is 16.7. The lowest BCUT2D eigenvalue weighted by Gasteiger charge is -2.29. The van der Waals surface area contributed by atoms with E-state index in [1.54, 1.807) is 0 Å². The maximum atomic E-state index is 11.9. The van der Waals surface area contributed by atoms with Crippen LogP contribution in [0.5, 0.6) is 0 Å². The van der Waals surface area contributed by atoms with Crippen LogP contribution in [0.3, 0.4) is 0 Å². The van der Waals surface area contributed by atoms with Crippen molar-refractivity contribution in [3.63, 3.8) is 0 Å². The second kappa shape index (κ2) is 5.71. The molecule has 6 heteroatoms. The van der Waals surface area contributed by atoms with E-state index >= 15 is 0 Å². The number of rotatable bonds is 3. The van der Waals surface area contributed by atoms with Crippen molar-refractivity contribution in [3.8, 4) is 0 Å². The third-order valence-corrected chi connectivity index (χ3v) is 3.23. The first-order chi connectivity index (χ1) is 10.2. The molecule has 0 amide bonds. The molecule has 0 aliphatic carbocycles. The fourth-order valence-corrected chi connectivity index (χ4v) is 1.97. The van der Waals surface area contributed by atoms with Crippen LogP contribution in [0.4, 0.5) is 11.4 Å². The maximum absolute atomic E-state index is 11.9. The van der Waals surface area contributed by atoms with Gasteiger partial charge >= 0.3 is 11.9 Å². The highest BCUT2D eigenvalue weighted by Gasteiger charge is 2.38. The summed E-state index contributed by atoms with van der Waals surface area (Å²) < 4.78 is 10.1. The number of aryl methyl sites for hydroxylation is 1. The summed E-state index contributed by atoms with van der Waals surface area (Å²) in [5.74, 6) is -2.63. The van der Waals surface area contributed by atoms with Gasteiger partial charge in [0.1, 0.15) is 0 Å². The van der Waals surface area contributed by atoms with E-state index in [4.69, 9.17) is 9.47 Å². The van der Waals surface area contributed by atoms with Gasteiger partial charge in [-0.05, 0) is 24.6 Å². The molecule has 0 aromatic heterocycles. The van der Waals surface area contributed by atoms with Gasteiger partial charge in [-0.1, -0.05) is 6.07 Å². The monoisotopic (exact) mass is 304 g/mol. The number of nitrogens with zero attached hydrogens (tertiary/aromatic N) is 1. The van der Waals surface area contributed by atoms with Gasteiger partial charge in [0.05, 0.1) is 0 Å². The summed E-state index contributed by atoms with van der Waals surface area (Å²) in [5.41, 5.74) is 2.62. The van der Waals surface area contributed by atoms with Crippen LogP contribution >= 0.6 is 0 Å². The second-order valence-electron chi connectivity index (χ2n) is 5.77. The summed E-state index contributed by atoms with van der Waals surface area (Å²) in [4.78, 5) is 25.7. The van der Waals surface area contributed by atoms with E-state index in [9.17, 15) is 9.59 Å². The quantitative estimate of drug-likeness (QED) is 0.524. The molecule has 1 N–H and O–H groups in total. The zero-order valence-electron chi connectivity index (χ0n) is 13.4. The molecular formula is C16H20N2O4. The fraction of sp³-hybridized carbons (Fsp3) is 0.375. The van der Waals surface area contributed by atoms with Gasteiger partial charge in [0.2, 0.25) is 0 Å². The largest absolute Gasteiger partial charge is 0.419 e. The smallest absolute Gasteiger partial charge is 0.350 e. The summed E-state index contributed by atoms with van der Waals surface area (Å²) in [6, 6.07) is 5.87. The number of nitrogens with one attached hydrogen (secondary N) is 1. The molecule has 22 heavy (non-hydrogen) atoms. The molecule has 1 aromatic carbocycles. The van der Waals surface area contributed by atoms with Gasteiger partial charge in [-0.2, -0.15) is 0 Å². The average Bonchev–Trinajstić information content (AvgIpc) is 2.38. The number of hydrogen-bond acceptors (Lipinski definition) is 6. The van der Waals surface area contributed by atoms with E-state index in [1.807, 2.05) is 44.1 Å². The fourth-order valence-electron chi connectivity index (χ4n) is 1.97. The molecular weight excluding hydrogens is 284 g/mol. The molecule has 6 nitrogen and oxygen atoms in total. The number of cyclic esters (lactones) is 2. The Hall–Kier alpha value is -2.50. The molecule has 0 spiro atoms. The van der Waals surface area contributed by atoms with Crippen molar-refractivity contribution < 1.29 is 19.1 Å². The van der Waals surface area contributed by atoms with Crippen molar-refractivity contribution >= 4 is 23.3 Å². The Balaban J connectivity index is 2.23. The molecule has 0 bridgehead atoms. The van der Waals surface area contributed by atoms with Crippen molar-refractivity contribution in [2.45, 2.75) is 26.6 Å². The number of anilines is 2. The van der Waals surface area contributed by atoms with Crippen molar-refractivity contribution in [1.82, 2.24) is 0 Å². The van der Waals surface area contributed by atoms with E-state index < -0.39 is 17.7 Å². The zero-order chi connectivity index (χ0) is 16.5. The first kappa shape index (κ1) is 15.9. The van der Waals surface area contributed by atoms with E-state index in [1.165, 1.54) is 20.0 Å². The van der Waals surface area contributed by atoms with E-state index in [0.717, 1.165) is 16.9 Å². The first-order valence-corrected chi connectivity index (χ1v) is 6.91. The number of carbonyl (C=O) groups excluding carboxylic acids is 2. The van der Waals surface area contributed by atoms with Crippen molar-refractivity contribution in [2.75, 3.05) is 24.3 Å². The Labute approximate surface area is 129 Å². The van der Waals surface area contributed by atoms with Gasteiger partial charge in [-0.25, -0.2) is 9.59 Å². The number of esters is 2. The Morgan fingerprint density at radius 2 is 1.73 bits per heavy atom. The highest BCUT2D eigenvalue weighted by Crippen LogP contribution is 2.25. The summed E-state index contributed by atoms with van der Waals surface area (Å²) in [7, 11) is 3.87. The number of carbonyl (C=O) groups is 2. The molecule has 2 rings (SSSR count). The van der Waals surface area contributed by atoms with Gasteiger partial charge < -0.3 is 19.7 Å². The lowest BCUT2D eigenvalue weighted by atomic mass is 10.1. The van der Waals surface area contributed by atoms with Crippen LogP contribution in [-0.2, 0) is 19.1 Å². The Morgan fingerprint density at radius 3 is 2.27 bits per heavy atom. The highest BCUT2D eigenvalue weighted by molar-refractivity contribution is 6.15. The van der Waals surface area contributed by atoms with Crippen LogP contribution in [0.2, 0.25) is 0 Å². The standard InChI is InChI=1S/C16H20N2O4/c1-10-6-7-11(18(4)5)8-13(10)17-9-12-14(19)21-16(2,3)22-15(12)20/h6-9,17H,1-5H3. The minimum atomic E-state index is -1.23. The topological polar surface area (TPSA) is 67.9 Å². The van der Waals surface area contributed by atoms with Gasteiger partial charge in [0, 0.05) is 45.5 Å². The highest BCUT2D eigenvalue weighted by atomic mass is 16.7. The number of benzene rings is 1. The molecule has 1 aliphatic heterocycles. The maximum Gasteiger partial charge on any atom is 0.350 e. The van der Waals surface area contributed by atoms with Gasteiger partial charge in [-0.15, -0.1) is 0 Å². The molecule has 0 radical (unpaired) electrons. The van der Waals surface area contributed by atoms with Crippen LogP contribution in [-0.4, -0.2) is 31.8 Å². The summed E-state index contributed by atoms with van der Waals surface area (Å²) >= 11 is 0. The van der Waals surface area contributed by atoms with Gasteiger partial charge in [-0.3, -0.25) is 0 Å². The predicted octanol–water partition coefficient (Wildman–Crippen LogP) is 2.19. The Bertz CT molecular complexity index is 626. The SMILES string of the molecule is Cc1ccc(N(C)C)cc1NC=C1C(=O)OC(C)(C)OC1=O. The third-order valence-electron chi connectivity index (χ3n) is 3.23. The number of hydrogen-bond donors (Lipinski definition) is 1. The van der Waals surface area contributed by atoms with Crippen LogP contribution in [0, 0.1) is 6.92 Å². The van der Waals surface area contributed by atoms with Gasteiger partial charge in [0.25, 0.3) is 5.79 Å². The van der Waals surface area contributed by atoms with E-state index in [2.05, 4.69) is 5.32 Å². The molecule has 1 aromatic rings. The Morgan fingerprint density at radius 1 is 1.14 bits per heavy atom. The minimum absolute atomic E-state index is 0.158. The second-order valence-corrected chi connectivity index (χ2v) is 5.77. The molecule has 0 saturated carbocycles. The van der Waals surface area contributed by atoms with Crippen molar-refractivity contribution in [3.05, 3.63) is 35.5 Å². The molecule has 1 aliphatic rings. The van der Waals surface area contributed by atoms with E-state index in [0.29, 0.717) is 0 Å². The zero-order valence-corrected chi connectivity index (χ0v) is 13.4. The summed E-state index contributed by atoms with van der Waals surface area (Å²) in [6.07, 6.45) is 1.32. The molecule has 0 atom stereocenters. The molecule has 118 valence electrons. The Kier molecular flexibility index (Phi) is 4.12. The predicted molar refractivity (Wildman–Crippen MR) is 83.5 cm³/mol. The van der Waals surface area contributed by atoms with Crippen LogP contribution in [0.25, 0.3) is 0 Å². The summed E-state index contributed by atoms with van der Waals surface area (Å²) in [6.45, 7) is 4.95. The van der Waals surface area contributed by atoms with Crippen molar-refractivity contribution in [1.29, 1.82) is 0 Å². The lowest BCUT2D eigenvalue weighted by Crippen LogP contribution is -2.42. The molecule has 1 fully saturated rings. The van der Waals surface area contributed by atoms with E-state index in [-0.39, 0.29) is 5.57 Å².